The van der Waals surface area contributed by atoms with Gasteiger partial charge in [0.05, 0.1) is 4.47 Å². The van der Waals surface area contributed by atoms with Crippen LogP contribution in [-0.4, -0.2) is 4.98 Å². The molecule has 0 aliphatic heterocycles. The van der Waals surface area contributed by atoms with Crippen LogP contribution in [0.5, 0.6) is 0 Å². The number of nitrogens with zero attached hydrogens (tertiary/aromatic N) is 1. The van der Waals surface area contributed by atoms with Crippen LogP contribution in [0.1, 0.15) is 5.56 Å². The predicted octanol–water partition coefficient (Wildman–Crippen LogP) is 4.62. The van der Waals surface area contributed by atoms with Crippen molar-refractivity contribution in [3.05, 3.63) is 80.6 Å². The molecule has 0 fully saturated rings. The van der Waals surface area contributed by atoms with Crippen molar-refractivity contribution < 1.29 is 8.78 Å². The lowest BCUT2D eigenvalue weighted by Crippen LogP contribution is -2.13. The molecule has 1 aromatic heterocycles. The monoisotopic (exact) mass is 386 g/mol. The van der Waals surface area contributed by atoms with E-state index in [1.165, 1.54) is 42.5 Å². The van der Waals surface area contributed by atoms with E-state index in [-0.39, 0.29) is 21.2 Å². The summed E-state index contributed by atoms with van der Waals surface area (Å²) in [6.45, 7) is 0. The van der Waals surface area contributed by atoms with Crippen LogP contribution < -0.4 is 5.56 Å². The van der Waals surface area contributed by atoms with Gasteiger partial charge in [0.2, 0.25) is 0 Å². The molecular formula is C18H9BrF2N2O. The van der Waals surface area contributed by atoms with Gasteiger partial charge in [0, 0.05) is 16.8 Å². The Morgan fingerprint density at radius 2 is 1.75 bits per heavy atom. The van der Waals surface area contributed by atoms with Crippen LogP contribution in [0.15, 0.2) is 57.8 Å². The molecule has 0 radical (unpaired) electrons. The number of nitriles is 1. The number of nitrogens with one attached hydrogen (secondary N) is 1. The van der Waals surface area contributed by atoms with Gasteiger partial charge in [-0.25, -0.2) is 8.78 Å². The molecule has 1 N–H and O–H groups in total. The number of H-pyrrole nitrogens is 1. The topological polar surface area (TPSA) is 56.6 Å². The van der Waals surface area contributed by atoms with Gasteiger partial charge in [-0.2, -0.15) is 5.26 Å². The number of hydrogen-bond donors (Lipinski definition) is 1. The second kappa shape index (κ2) is 6.38. The molecule has 6 heteroatoms. The van der Waals surface area contributed by atoms with Gasteiger partial charge in [-0.05, 0) is 57.9 Å². The second-order valence-electron chi connectivity index (χ2n) is 5.02. The number of benzene rings is 2. The Balaban J connectivity index is 2.29. The molecule has 0 saturated heterocycles. The SMILES string of the molecule is N#Cc1c(-c2cccc(Br)c2F)cc(-c2ccc(F)cc2)[nH]c1=O. The zero-order valence-electron chi connectivity index (χ0n) is 12.1. The number of halogens is 3. The maximum absolute atomic E-state index is 14.4. The number of aromatic amines is 1. The van der Waals surface area contributed by atoms with Crippen molar-refractivity contribution in [2.75, 3.05) is 0 Å². The fraction of sp³-hybridized carbons (Fsp3) is 0. The fourth-order valence-corrected chi connectivity index (χ4v) is 2.75. The maximum Gasteiger partial charge on any atom is 0.266 e. The Hall–Kier alpha value is -2.78. The van der Waals surface area contributed by atoms with Crippen LogP contribution in [0.2, 0.25) is 0 Å². The molecule has 2 aromatic carbocycles. The zero-order chi connectivity index (χ0) is 17.3. The van der Waals surface area contributed by atoms with Crippen molar-refractivity contribution in [3.63, 3.8) is 0 Å². The Labute approximate surface area is 144 Å². The molecule has 118 valence electrons. The standard InChI is InChI=1S/C18H9BrF2N2O/c19-15-3-1-2-12(17(15)21)13-8-16(23-18(24)14(13)9-22)10-4-6-11(20)7-5-10/h1-8H,(H,23,24). The molecule has 0 saturated carbocycles. The molecule has 0 aliphatic carbocycles. The van der Waals surface area contributed by atoms with Crippen LogP contribution in [0, 0.1) is 23.0 Å². The summed E-state index contributed by atoms with van der Waals surface area (Å²) in [6.07, 6.45) is 0. The summed E-state index contributed by atoms with van der Waals surface area (Å²) in [7, 11) is 0. The van der Waals surface area contributed by atoms with E-state index in [1.54, 1.807) is 6.07 Å². The minimum Gasteiger partial charge on any atom is -0.321 e. The van der Waals surface area contributed by atoms with Crippen LogP contribution in [-0.2, 0) is 0 Å². The van der Waals surface area contributed by atoms with E-state index in [2.05, 4.69) is 20.9 Å². The molecule has 3 rings (SSSR count). The normalized spacial score (nSPS) is 10.4. The summed E-state index contributed by atoms with van der Waals surface area (Å²) in [5, 5.41) is 9.26. The lowest BCUT2D eigenvalue weighted by molar-refractivity contribution is 0.624. The third kappa shape index (κ3) is 2.86. The first-order valence-electron chi connectivity index (χ1n) is 6.89. The molecule has 0 aliphatic rings. The average molecular weight is 387 g/mol. The van der Waals surface area contributed by atoms with Crippen LogP contribution in [0.3, 0.4) is 0 Å². The molecule has 0 unspecified atom stereocenters. The number of rotatable bonds is 2. The highest BCUT2D eigenvalue weighted by Gasteiger charge is 2.16. The summed E-state index contributed by atoms with van der Waals surface area (Å²) in [4.78, 5) is 14.8. The smallest absolute Gasteiger partial charge is 0.266 e. The van der Waals surface area contributed by atoms with E-state index >= 15 is 0 Å². The summed E-state index contributed by atoms with van der Waals surface area (Å²) in [5.41, 5.74) is 0.421. The average Bonchev–Trinajstić information content (AvgIpc) is 2.57. The zero-order valence-corrected chi connectivity index (χ0v) is 13.7. The van der Waals surface area contributed by atoms with Gasteiger partial charge in [0.15, 0.2) is 0 Å². The van der Waals surface area contributed by atoms with E-state index < -0.39 is 17.2 Å². The van der Waals surface area contributed by atoms with Gasteiger partial charge >= 0.3 is 0 Å². The first kappa shape index (κ1) is 16.1. The Morgan fingerprint density at radius 3 is 2.42 bits per heavy atom. The molecule has 0 bridgehead atoms. The molecule has 1 heterocycles. The number of hydrogen-bond acceptors (Lipinski definition) is 2. The van der Waals surface area contributed by atoms with Crippen molar-refractivity contribution in [1.29, 1.82) is 5.26 Å². The van der Waals surface area contributed by atoms with E-state index in [0.29, 0.717) is 11.3 Å². The first-order valence-corrected chi connectivity index (χ1v) is 7.68. The Morgan fingerprint density at radius 1 is 1.04 bits per heavy atom. The van der Waals surface area contributed by atoms with Gasteiger partial charge in [-0.15, -0.1) is 0 Å². The second-order valence-corrected chi connectivity index (χ2v) is 5.88. The van der Waals surface area contributed by atoms with Gasteiger partial charge in [-0.1, -0.05) is 12.1 Å². The lowest BCUT2D eigenvalue weighted by atomic mass is 9.98. The number of pyridine rings is 1. The van der Waals surface area contributed by atoms with Gasteiger partial charge in [0.25, 0.3) is 5.56 Å². The summed E-state index contributed by atoms with van der Waals surface area (Å²) < 4.78 is 27.7. The summed E-state index contributed by atoms with van der Waals surface area (Å²) in [5.74, 6) is -0.974. The molecular weight excluding hydrogens is 378 g/mol. The van der Waals surface area contributed by atoms with Gasteiger partial charge < -0.3 is 4.98 Å². The van der Waals surface area contributed by atoms with Crippen molar-refractivity contribution >= 4 is 15.9 Å². The van der Waals surface area contributed by atoms with Crippen LogP contribution >= 0.6 is 15.9 Å². The van der Waals surface area contributed by atoms with Crippen molar-refractivity contribution in [1.82, 2.24) is 4.98 Å². The van der Waals surface area contributed by atoms with Gasteiger partial charge in [0.1, 0.15) is 23.3 Å². The van der Waals surface area contributed by atoms with E-state index in [4.69, 9.17) is 0 Å². The van der Waals surface area contributed by atoms with Crippen molar-refractivity contribution in [2.45, 2.75) is 0 Å². The van der Waals surface area contributed by atoms with E-state index in [0.717, 1.165) is 0 Å². The Bertz CT molecular complexity index is 1020. The minimum absolute atomic E-state index is 0.135. The summed E-state index contributed by atoms with van der Waals surface area (Å²) >= 11 is 3.09. The van der Waals surface area contributed by atoms with E-state index in [1.807, 2.05) is 6.07 Å². The molecule has 0 atom stereocenters. The third-order valence-electron chi connectivity index (χ3n) is 3.54. The van der Waals surface area contributed by atoms with Crippen molar-refractivity contribution in [3.8, 4) is 28.5 Å². The molecule has 3 aromatic rings. The lowest BCUT2D eigenvalue weighted by Gasteiger charge is -2.09. The van der Waals surface area contributed by atoms with Crippen LogP contribution in [0.4, 0.5) is 8.78 Å². The number of aromatic nitrogens is 1. The van der Waals surface area contributed by atoms with Crippen molar-refractivity contribution in [2.24, 2.45) is 0 Å². The maximum atomic E-state index is 14.4. The molecule has 3 nitrogen and oxygen atoms in total. The Kier molecular flexibility index (Phi) is 4.28. The molecule has 0 spiro atoms. The first-order chi connectivity index (χ1) is 11.5. The van der Waals surface area contributed by atoms with Crippen LogP contribution in [0.25, 0.3) is 22.4 Å². The molecule has 24 heavy (non-hydrogen) atoms. The summed E-state index contributed by atoms with van der Waals surface area (Å²) in [6, 6.07) is 13.5. The predicted molar refractivity (Wildman–Crippen MR) is 90.3 cm³/mol. The van der Waals surface area contributed by atoms with Gasteiger partial charge in [-0.3, -0.25) is 4.79 Å². The highest BCUT2D eigenvalue weighted by atomic mass is 79.9. The highest BCUT2D eigenvalue weighted by molar-refractivity contribution is 9.10. The van der Waals surface area contributed by atoms with E-state index in [9.17, 15) is 18.8 Å². The molecule has 0 amide bonds. The highest BCUT2D eigenvalue weighted by Crippen LogP contribution is 2.31. The third-order valence-corrected chi connectivity index (χ3v) is 4.15. The fourth-order valence-electron chi connectivity index (χ4n) is 2.38. The largest absolute Gasteiger partial charge is 0.321 e. The minimum atomic E-state index is -0.631. The quantitative estimate of drug-likeness (QED) is 0.698.